The molecule has 0 fully saturated rings. The highest BCUT2D eigenvalue weighted by Crippen LogP contribution is 2.58. The zero-order valence-corrected chi connectivity index (χ0v) is 46.7. The van der Waals surface area contributed by atoms with Crippen LogP contribution >= 0.6 is 22.7 Å². The Morgan fingerprint density at radius 1 is 0.527 bits per heavy atom. The van der Waals surface area contributed by atoms with Gasteiger partial charge >= 0.3 is 0 Å². The van der Waals surface area contributed by atoms with Gasteiger partial charge in [-0.15, -0.1) is 22.7 Å². The summed E-state index contributed by atoms with van der Waals surface area (Å²) in [6, 6.07) is 54.2. The first-order valence-electron chi connectivity index (χ1n) is 26.9. The fourth-order valence-corrected chi connectivity index (χ4v) is 15.7. The molecule has 3 aromatic heterocycles. The predicted molar refractivity (Wildman–Crippen MR) is 325 cm³/mol. The zero-order chi connectivity index (χ0) is 51.2. The third-order valence-corrected chi connectivity index (χ3v) is 20.1. The molecule has 365 valence electrons. The Morgan fingerprint density at radius 3 is 1.89 bits per heavy atom. The topological polar surface area (TPSA) is 17.0 Å². The summed E-state index contributed by atoms with van der Waals surface area (Å²) in [6.07, 6.45) is 2.39. The van der Waals surface area contributed by atoms with Gasteiger partial charge in [0, 0.05) is 63.4 Å². The lowest BCUT2D eigenvalue weighted by atomic mass is 9.62. The van der Waals surface area contributed by atoms with Crippen LogP contribution in [-0.4, -0.2) is 11.8 Å². The fraction of sp³-hybridized carbons (Fsp3) is 0.275. The van der Waals surface area contributed by atoms with E-state index in [0.29, 0.717) is 0 Å². The van der Waals surface area contributed by atoms with Gasteiger partial charge in [0.15, 0.2) is 0 Å². The van der Waals surface area contributed by atoms with Crippen molar-refractivity contribution in [2.24, 2.45) is 0 Å². The number of anilines is 2. The van der Waals surface area contributed by atoms with Gasteiger partial charge in [-0.25, -0.2) is 0 Å². The molecule has 1 N–H and O–H groups in total. The number of aromatic nitrogens is 1. The minimum Gasteiger partial charge on any atom is -0.355 e. The highest BCUT2D eigenvalue weighted by Gasteiger charge is 2.44. The first-order valence-corrected chi connectivity index (χ1v) is 28.5. The molecule has 3 aliphatic rings. The molecule has 2 nitrogen and oxygen atoms in total. The summed E-state index contributed by atoms with van der Waals surface area (Å²) in [5, 5.41) is 10.8. The summed E-state index contributed by atoms with van der Waals surface area (Å²) >= 11 is 3.90. The van der Waals surface area contributed by atoms with Crippen molar-refractivity contribution >= 4 is 104 Å². The quantitative estimate of drug-likeness (QED) is 0.174. The molecule has 0 bridgehead atoms. The zero-order valence-electron chi connectivity index (χ0n) is 45.0. The van der Waals surface area contributed by atoms with Gasteiger partial charge < -0.3 is 9.88 Å². The van der Waals surface area contributed by atoms with Crippen LogP contribution in [0.2, 0.25) is 0 Å². The molecule has 1 aliphatic heterocycles. The summed E-state index contributed by atoms with van der Waals surface area (Å²) in [5.41, 5.74) is 23.8. The number of rotatable bonds is 4. The maximum atomic E-state index is 4.16. The summed E-state index contributed by atoms with van der Waals surface area (Å²) in [6.45, 7) is 28.8. The van der Waals surface area contributed by atoms with Crippen LogP contribution in [0, 0.1) is 0 Å². The molecule has 74 heavy (non-hydrogen) atoms. The second-order valence-corrected chi connectivity index (χ2v) is 28.0. The molecular weight excluding hydrogens is 932 g/mol. The Kier molecular flexibility index (Phi) is 9.58. The second-order valence-electron chi connectivity index (χ2n) is 25.9. The number of thiophene rings is 2. The predicted octanol–water partition coefficient (Wildman–Crippen LogP) is 18.7. The number of benzene rings is 8. The molecule has 4 heterocycles. The van der Waals surface area contributed by atoms with E-state index in [1.54, 1.807) is 0 Å². The van der Waals surface area contributed by atoms with Crippen molar-refractivity contribution < 1.29 is 0 Å². The molecule has 14 rings (SSSR count). The van der Waals surface area contributed by atoms with Crippen LogP contribution in [-0.2, 0) is 27.1 Å². The summed E-state index contributed by atoms with van der Waals surface area (Å²) in [4.78, 5) is 0. The van der Waals surface area contributed by atoms with Gasteiger partial charge in [0.2, 0.25) is 7.28 Å². The van der Waals surface area contributed by atoms with E-state index >= 15 is 0 Å². The third-order valence-electron chi connectivity index (χ3n) is 17.8. The van der Waals surface area contributed by atoms with E-state index in [0.717, 1.165) is 11.4 Å². The van der Waals surface area contributed by atoms with Crippen LogP contribution in [0.5, 0.6) is 0 Å². The maximum Gasteiger partial charge on any atom is 0.211 e. The SMILES string of the molecule is CC(C)(C)c1ccc(Nc2cc3c(cc2-c2c4c5c(c6cc(C(C)(C)C)ccc6n5-c5c(sc6ccc(-c7ccccc7)cc56)[B]4)c4sc5ccccc5c24)C(C)(C)c2cc4c(cc2-3)C(C)(C)CCC4(C)C)cc1. The van der Waals surface area contributed by atoms with Crippen LogP contribution in [0.25, 0.3) is 91.1 Å². The first kappa shape index (κ1) is 46.2. The summed E-state index contributed by atoms with van der Waals surface area (Å²) in [7, 11) is 2.59. The van der Waals surface area contributed by atoms with Crippen molar-refractivity contribution in [2.45, 2.75) is 123 Å². The minimum absolute atomic E-state index is 0.0208. The minimum atomic E-state index is -0.229. The van der Waals surface area contributed by atoms with E-state index in [1.165, 1.54) is 148 Å². The van der Waals surface area contributed by atoms with Crippen LogP contribution in [0.4, 0.5) is 11.4 Å². The van der Waals surface area contributed by atoms with Crippen LogP contribution in [0.3, 0.4) is 0 Å². The number of hydrogen-bond acceptors (Lipinski definition) is 3. The molecule has 0 atom stereocenters. The standard InChI is InChI=1S/C69H64BN2S2/c1-65(2,3)40-23-26-42(27-24-40)71-53-36-45-44-34-51-52(68(9,10)31-30-67(51,7)8)37-50(44)69(11,12)49(45)35-46(53)57-58-43-20-16-17-21-55(43)73-63(58)59-47-33-41(66(4,5)6)25-28-54(47)72-61-48-32-39(38-18-14-13-15-19-38)22-29-56(48)74-64(61)70-60(57)62(59)72/h13-29,32-37,71H,30-31H2,1-12H3. The van der Waals surface area contributed by atoms with Crippen LogP contribution in [0.15, 0.2) is 140 Å². The van der Waals surface area contributed by atoms with E-state index in [4.69, 9.17) is 0 Å². The van der Waals surface area contributed by atoms with Gasteiger partial charge in [-0.2, -0.15) is 0 Å². The second kappa shape index (κ2) is 15.4. The van der Waals surface area contributed by atoms with Crippen molar-refractivity contribution in [3.05, 3.63) is 173 Å². The molecule has 5 heteroatoms. The van der Waals surface area contributed by atoms with Crippen molar-refractivity contribution in [1.29, 1.82) is 0 Å². The molecule has 1 radical (unpaired) electrons. The Balaban J connectivity index is 1.12. The fourth-order valence-electron chi connectivity index (χ4n) is 13.3. The van der Waals surface area contributed by atoms with Gasteiger partial charge in [0.1, 0.15) is 0 Å². The Hall–Kier alpha value is -6.40. The summed E-state index contributed by atoms with van der Waals surface area (Å²) in [5.74, 6) is 0. The molecule has 2 aliphatic carbocycles. The molecule has 0 unspecified atom stereocenters. The van der Waals surface area contributed by atoms with E-state index < -0.39 is 0 Å². The van der Waals surface area contributed by atoms with Gasteiger partial charge in [-0.05, 0) is 167 Å². The summed E-state index contributed by atoms with van der Waals surface area (Å²) < 4.78 is 7.97. The van der Waals surface area contributed by atoms with Gasteiger partial charge in [-0.3, -0.25) is 0 Å². The molecular formula is C69H64BN2S2. The monoisotopic (exact) mass is 995 g/mol. The van der Waals surface area contributed by atoms with Crippen LogP contribution in [0.1, 0.15) is 129 Å². The normalized spacial score (nSPS) is 16.2. The lowest BCUT2D eigenvalue weighted by molar-refractivity contribution is 0.331. The number of fused-ring (bicyclic) bond motifs is 15. The smallest absolute Gasteiger partial charge is 0.211 e. The lowest BCUT2D eigenvalue weighted by Gasteiger charge is -2.42. The van der Waals surface area contributed by atoms with Crippen molar-refractivity contribution in [3.8, 4) is 39.1 Å². The maximum absolute atomic E-state index is 4.16. The van der Waals surface area contributed by atoms with E-state index in [-0.39, 0.29) is 27.1 Å². The van der Waals surface area contributed by atoms with Crippen molar-refractivity contribution in [3.63, 3.8) is 0 Å². The average molecular weight is 996 g/mol. The van der Waals surface area contributed by atoms with Crippen LogP contribution < -0.4 is 15.6 Å². The number of hydrogen-bond donors (Lipinski definition) is 1. The molecule has 0 saturated heterocycles. The van der Waals surface area contributed by atoms with Gasteiger partial charge in [0.05, 0.1) is 16.7 Å². The van der Waals surface area contributed by atoms with Gasteiger partial charge in [-0.1, -0.05) is 162 Å². The number of nitrogens with zero attached hydrogens (tertiary/aromatic N) is 1. The molecule has 0 amide bonds. The highest BCUT2D eigenvalue weighted by molar-refractivity contribution is 7.29. The van der Waals surface area contributed by atoms with Crippen molar-refractivity contribution in [2.75, 3.05) is 5.32 Å². The Bertz CT molecular complexity index is 4220. The van der Waals surface area contributed by atoms with E-state index in [9.17, 15) is 0 Å². The molecule has 0 saturated carbocycles. The van der Waals surface area contributed by atoms with E-state index in [1.807, 2.05) is 22.7 Å². The molecule has 8 aromatic carbocycles. The Morgan fingerprint density at radius 2 is 1.16 bits per heavy atom. The third kappa shape index (κ3) is 6.61. The van der Waals surface area contributed by atoms with Gasteiger partial charge in [0.25, 0.3) is 0 Å². The number of nitrogens with one attached hydrogen (secondary N) is 1. The first-order chi connectivity index (χ1) is 35.2. The van der Waals surface area contributed by atoms with E-state index in [2.05, 4.69) is 240 Å². The largest absolute Gasteiger partial charge is 0.355 e. The average Bonchev–Trinajstić information content (AvgIpc) is 4.09. The molecule has 0 spiro atoms. The van der Waals surface area contributed by atoms with Crippen molar-refractivity contribution in [1.82, 2.24) is 4.57 Å². The lowest BCUT2D eigenvalue weighted by Crippen LogP contribution is -2.35. The Labute approximate surface area is 445 Å². The molecule has 11 aromatic rings. The highest BCUT2D eigenvalue weighted by atomic mass is 32.1.